The molecule has 0 saturated heterocycles. The summed E-state index contributed by atoms with van der Waals surface area (Å²) in [6, 6.07) is 3.09. The Morgan fingerprint density at radius 3 is 2.59 bits per heavy atom. The number of halogens is 3. The van der Waals surface area contributed by atoms with Gasteiger partial charge in [0.25, 0.3) is 0 Å². The summed E-state index contributed by atoms with van der Waals surface area (Å²) in [6.45, 7) is -0.368. The maximum Gasteiger partial charge on any atom is 0.418 e. The van der Waals surface area contributed by atoms with Gasteiger partial charge in [0.15, 0.2) is 0 Å². The van der Waals surface area contributed by atoms with Crippen molar-refractivity contribution in [2.75, 3.05) is 17.7 Å². The predicted octanol–water partition coefficient (Wildman–Crippen LogP) is 1.61. The van der Waals surface area contributed by atoms with Gasteiger partial charge >= 0.3 is 6.18 Å². The van der Waals surface area contributed by atoms with Crippen molar-refractivity contribution < 1.29 is 23.1 Å². The van der Waals surface area contributed by atoms with E-state index < -0.39 is 23.3 Å². The van der Waals surface area contributed by atoms with Crippen LogP contribution in [0.25, 0.3) is 0 Å². The highest BCUT2D eigenvalue weighted by Crippen LogP contribution is 2.35. The Morgan fingerprint density at radius 1 is 1.41 bits per heavy atom. The van der Waals surface area contributed by atoms with Gasteiger partial charge < -0.3 is 16.2 Å². The Bertz CT molecular complexity index is 419. The van der Waals surface area contributed by atoms with Crippen LogP contribution >= 0.6 is 0 Å². The summed E-state index contributed by atoms with van der Waals surface area (Å²) in [5.41, 5.74) is 3.78. The molecular formula is C10H11F3N2O2. The molecule has 0 unspecified atom stereocenters. The van der Waals surface area contributed by atoms with E-state index >= 15 is 0 Å². The number of nitrogens with one attached hydrogen (secondary N) is 1. The molecule has 94 valence electrons. The number of carbonyl (C=O) groups excluding carboxylic acids is 1. The molecule has 4 nitrogen and oxygen atoms in total. The summed E-state index contributed by atoms with van der Waals surface area (Å²) < 4.78 is 37.4. The van der Waals surface area contributed by atoms with Crippen LogP contribution in [0.5, 0.6) is 0 Å². The Hall–Kier alpha value is -1.76. The molecule has 1 aromatic carbocycles. The molecule has 0 fully saturated rings. The van der Waals surface area contributed by atoms with Gasteiger partial charge in [-0.15, -0.1) is 0 Å². The quantitative estimate of drug-likeness (QED) is 0.711. The fourth-order valence-corrected chi connectivity index (χ4v) is 1.20. The average Bonchev–Trinajstić information content (AvgIpc) is 2.19. The van der Waals surface area contributed by atoms with Crippen LogP contribution in [-0.2, 0) is 11.0 Å². The minimum absolute atomic E-state index is 0.00928. The summed E-state index contributed by atoms with van der Waals surface area (Å²) in [7, 11) is 0. The highest BCUT2D eigenvalue weighted by molar-refractivity contribution is 5.91. The summed E-state index contributed by atoms with van der Waals surface area (Å²) in [5.74, 6) is -0.564. The Morgan fingerprint density at radius 2 is 2.06 bits per heavy atom. The topological polar surface area (TPSA) is 75.3 Å². The molecule has 7 heteroatoms. The number of nitrogens with two attached hydrogens (primary N) is 1. The van der Waals surface area contributed by atoms with Crippen molar-refractivity contribution in [2.45, 2.75) is 12.6 Å². The van der Waals surface area contributed by atoms with Crippen LogP contribution in [0.4, 0.5) is 24.5 Å². The van der Waals surface area contributed by atoms with E-state index in [0.717, 1.165) is 12.1 Å². The predicted molar refractivity (Wildman–Crippen MR) is 56.2 cm³/mol. The van der Waals surface area contributed by atoms with Crippen molar-refractivity contribution in [3.8, 4) is 0 Å². The number of hydrogen-bond donors (Lipinski definition) is 3. The fourth-order valence-electron chi connectivity index (χ4n) is 1.20. The third kappa shape index (κ3) is 3.63. The van der Waals surface area contributed by atoms with E-state index in [1.54, 1.807) is 0 Å². The van der Waals surface area contributed by atoms with Crippen molar-refractivity contribution in [1.29, 1.82) is 0 Å². The molecule has 0 spiro atoms. The molecule has 4 N–H and O–H groups in total. The number of amides is 1. The number of nitrogen functional groups attached to an aromatic ring is 1. The van der Waals surface area contributed by atoms with E-state index in [9.17, 15) is 18.0 Å². The number of rotatable bonds is 3. The van der Waals surface area contributed by atoms with Crippen LogP contribution in [0.2, 0.25) is 0 Å². The van der Waals surface area contributed by atoms with E-state index in [1.807, 2.05) is 0 Å². The monoisotopic (exact) mass is 248 g/mol. The maximum absolute atomic E-state index is 12.5. The first-order chi connectivity index (χ1) is 7.84. The van der Waals surface area contributed by atoms with Gasteiger partial charge in [-0.25, -0.2) is 0 Å². The van der Waals surface area contributed by atoms with E-state index in [-0.39, 0.29) is 18.7 Å². The van der Waals surface area contributed by atoms with Gasteiger partial charge in [-0.1, -0.05) is 0 Å². The molecule has 0 aliphatic heterocycles. The number of anilines is 2. The van der Waals surface area contributed by atoms with Crippen LogP contribution in [0.3, 0.4) is 0 Å². The van der Waals surface area contributed by atoms with Crippen LogP contribution in [0.1, 0.15) is 12.0 Å². The van der Waals surface area contributed by atoms with Gasteiger partial charge in [0, 0.05) is 11.4 Å². The second-order valence-corrected chi connectivity index (χ2v) is 3.32. The van der Waals surface area contributed by atoms with Gasteiger partial charge in [0.05, 0.1) is 18.6 Å². The third-order valence-corrected chi connectivity index (χ3v) is 1.98. The number of benzene rings is 1. The Labute approximate surface area is 95.2 Å². The molecule has 0 radical (unpaired) electrons. The molecule has 0 aliphatic rings. The van der Waals surface area contributed by atoms with E-state index in [1.165, 1.54) is 6.07 Å². The van der Waals surface area contributed by atoms with Crippen molar-refractivity contribution in [2.24, 2.45) is 0 Å². The maximum atomic E-state index is 12.5. The molecule has 0 atom stereocenters. The molecule has 17 heavy (non-hydrogen) atoms. The molecule has 1 rings (SSSR count). The molecule has 0 heterocycles. The van der Waals surface area contributed by atoms with Gasteiger partial charge in [-0.3, -0.25) is 4.79 Å². The minimum Gasteiger partial charge on any atom is -0.398 e. The highest BCUT2D eigenvalue weighted by Gasteiger charge is 2.33. The van der Waals surface area contributed by atoms with Crippen LogP contribution in [-0.4, -0.2) is 17.6 Å². The lowest BCUT2D eigenvalue weighted by Gasteiger charge is -2.12. The Balaban J connectivity index is 2.93. The molecule has 1 amide bonds. The first-order valence-corrected chi connectivity index (χ1v) is 4.72. The van der Waals surface area contributed by atoms with Crippen molar-refractivity contribution in [1.82, 2.24) is 0 Å². The van der Waals surface area contributed by atoms with Gasteiger partial charge in [-0.05, 0) is 18.2 Å². The highest BCUT2D eigenvalue weighted by atomic mass is 19.4. The fraction of sp³-hybridized carbons (Fsp3) is 0.300. The zero-order chi connectivity index (χ0) is 13.1. The lowest BCUT2D eigenvalue weighted by molar-refractivity contribution is -0.137. The van der Waals surface area contributed by atoms with Crippen molar-refractivity contribution >= 4 is 17.3 Å². The minimum atomic E-state index is -4.57. The number of hydrogen-bond acceptors (Lipinski definition) is 3. The zero-order valence-corrected chi connectivity index (χ0v) is 8.71. The third-order valence-electron chi connectivity index (χ3n) is 1.98. The lowest BCUT2D eigenvalue weighted by atomic mass is 10.1. The first-order valence-electron chi connectivity index (χ1n) is 4.72. The molecule has 0 bridgehead atoms. The molecular weight excluding hydrogens is 237 g/mol. The standard InChI is InChI=1S/C10H11F3N2O2/c11-10(12,13)7-5-6(1-2-8(7)14)15-9(17)3-4-16/h1-2,5,16H,3-4,14H2,(H,15,17). The second-order valence-electron chi connectivity index (χ2n) is 3.32. The molecule has 1 aromatic rings. The van der Waals surface area contributed by atoms with E-state index in [2.05, 4.69) is 5.32 Å². The summed E-state index contributed by atoms with van der Waals surface area (Å²) in [5, 5.41) is 10.7. The van der Waals surface area contributed by atoms with E-state index in [4.69, 9.17) is 10.8 Å². The summed E-state index contributed by atoms with van der Waals surface area (Å²) in [4.78, 5) is 11.1. The van der Waals surface area contributed by atoms with Gasteiger partial charge in [-0.2, -0.15) is 13.2 Å². The van der Waals surface area contributed by atoms with Crippen LogP contribution in [0, 0.1) is 0 Å². The van der Waals surface area contributed by atoms with Crippen molar-refractivity contribution in [3.05, 3.63) is 23.8 Å². The van der Waals surface area contributed by atoms with Gasteiger partial charge in [0.1, 0.15) is 0 Å². The summed E-state index contributed by atoms with van der Waals surface area (Å²) in [6.07, 6.45) is -4.74. The SMILES string of the molecule is Nc1ccc(NC(=O)CCO)cc1C(F)(F)F. The summed E-state index contributed by atoms with van der Waals surface area (Å²) >= 11 is 0. The largest absolute Gasteiger partial charge is 0.418 e. The van der Waals surface area contributed by atoms with Gasteiger partial charge in [0.2, 0.25) is 5.91 Å². The lowest BCUT2D eigenvalue weighted by Crippen LogP contribution is -2.15. The van der Waals surface area contributed by atoms with E-state index in [0.29, 0.717) is 0 Å². The number of carbonyl (C=O) groups is 1. The molecule has 0 aliphatic carbocycles. The molecule has 0 saturated carbocycles. The number of alkyl halides is 3. The normalized spacial score (nSPS) is 11.3. The smallest absolute Gasteiger partial charge is 0.398 e. The van der Waals surface area contributed by atoms with Crippen LogP contribution < -0.4 is 11.1 Å². The van der Waals surface area contributed by atoms with Crippen molar-refractivity contribution in [3.63, 3.8) is 0 Å². The van der Waals surface area contributed by atoms with Crippen LogP contribution in [0.15, 0.2) is 18.2 Å². The Kier molecular flexibility index (Phi) is 3.95. The molecule has 0 aromatic heterocycles. The average molecular weight is 248 g/mol. The second kappa shape index (κ2) is 5.05. The number of aliphatic hydroxyl groups excluding tert-OH is 1. The zero-order valence-electron chi connectivity index (χ0n) is 8.71. The first kappa shape index (κ1) is 13.3. The number of aliphatic hydroxyl groups is 1.